The number of nitrogens with one attached hydrogen (secondary N) is 1. The van der Waals surface area contributed by atoms with Crippen LogP contribution in [0.1, 0.15) is 45.1 Å². The lowest BCUT2D eigenvalue weighted by molar-refractivity contribution is 0.278. The summed E-state index contributed by atoms with van der Waals surface area (Å²) in [5.41, 5.74) is 6.82. The number of nitrogens with zero attached hydrogens (tertiary/aromatic N) is 2. The van der Waals surface area contributed by atoms with Gasteiger partial charge in [-0.15, -0.1) is 0 Å². The first-order valence-corrected chi connectivity index (χ1v) is 6.07. The van der Waals surface area contributed by atoms with E-state index in [1.54, 1.807) is 0 Å². The molecule has 1 aromatic rings. The Labute approximate surface area is 102 Å². The summed E-state index contributed by atoms with van der Waals surface area (Å²) in [6.07, 6.45) is 3.11. The van der Waals surface area contributed by atoms with E-state index in [0.717, 1.165) is 17.8 Å². The molecule has 1 heterocycles. The lowest BCUT2D eigenvalue weighted by Crippen LogP contribution is -2.22. The number of aliphatic hydroxyl groups is 1. The first-order chi connectivity index (χ1) is 8.10. The Morgan fingerprint density at radius 2 is 2.12 bits per heavy atom. The molecule has 0 spiro atoms. The van der Waals surface area contributed by atoms with Crippen LogP contribution < -0.4 is 11.1 Å². The Hall–Kier alpha value is -1.36. The zero-order valence-electron chi connectivity index (χ0n) is 10.8. The SMILES string of the molecule is CCC(CCO)Nc1ncnc(N)c1C(C)C. The molecule has 0 amide bonds. The lowest BCUT2D eigenvalue weighted by atomic mass is 10.0. The molecule has 0 bridgehead atoms. The molecule has 1 atom stereocenters. The van der Waals surface area contributed by atoms with Gasteiger partial charge in [0.1, 0.15) is 18.0 Å². The molecule has 0 fully saturated rings. The normalized spacial score (nSPS) is 12.8. The fourth-order valence-electron chi connectivity index (χ4n) is 1.82. The Bertz CT molecular complexity index is 354. The highest BCUT2D eigenvalue weighted by Crippen LogP contribution is 2.27. The largest absolute Gasteiger partial charge is 0.396 e. The van der Waals surface area contributed by atoms with E-state index in [4.69, 9.17) is 10.8 Å². The second-order valence-electron chi connectivity index (χ2n) is 4.44. The summed E-state index contributed by atoms with van der Waals surface area (Å²) in [5.74, 6) is 1.58. The Kier molecular flexibility index (Phi) is 5.15. The first kappa shape index (κ1) is 13.7. The number of nitrogen functional groups attached to an aromatic ring is 1. The molecule has 5 heteroatoms. The number of hydrogen-bond acceptors (Lipinski definition) is 5. The van der Waals surface area contributed by atoms with E-state index in [1.165, 1.54) is 6.33 Å². The van der Waals surface area contributed by atoms with Crippen LogP contribution in [0.5, 0.6) is 0 Å². The molecule has 96 valence electrons. The second kappa shape index (κ2) is 6.39. The molecule has 5 nitrogen and oxygen atoms in total. The standard InChI is InChI=1S/C12H22N4O/c1-4-9(5-6-17)16-12-10(8(2)3)11(13)14-7-15-12/h7-9,17H,4-6H2,1-3H3,(H3,13,14,15,16). The molecule has 17 heavy (non-hydrogen) atoms. The van der Waals surface area contributed by atoms with Crippen LogP contribution in [-0.4, -0.2) is 27.7 Å². The van der Waals surface area contributed by atoms with Gasteiger partial charge in [0.2, 0.25) is 0 Å². The Balaban J connectivity index is 2.93. The zero-order chi connectivity index (χ0) is 12.8. The highest BCUT2D eigenvalue weighted by atomic mass is 16.3. The van der Waals surface area contributed by atoms with E-state index in [9.17, 15) is 0 Å². The summed E-state index contributed by atoms with van der Waals surface area (Å²) in [5, 5.41) is 12.3. The summed E-state index contributed by atoms with van der Waals surface area (Å²) >= 11 is 0. The van der Waals surface area contributed by atoms with Gasteiger partial charge in [-0.05, 0) is 18.8 Å². The van der Waals surface area contributed by atoms with Gasteiger partial charge < -0.3 is 16.2 Å². The molecule has 0 aromatic carbocycles. The minimum atomic E-state index is 0.170. The van der Waals surface area contributed by atoms with Crippen LogP contribution >= 0.6 is 0 Å². The molecule has 1 unspecified atom stereocenters. The van der Waals surface area contributed by atoms with Gasteiger partial charge in [-0.1, -0.05) is 20.8 Å². The number of aliphatic hydroxyl groups excluding tert-OH is 1. The van der Waals surface area contributed by atoms with Crippen LogP contribution in [0, 0.1) is 0 Å². The van der Waals surface area contributed by atoms with E-state index >= 15 is 0 Å². The van der Waals surface area contributed by atoms with Gasteiger partial charge in [-0.2, -0.15) is 0 Å². The van der Waals surface area contributed by atoms with Crippen molar-refractivity contribution in [1.29, 1.82) is 0 Å². The van der Waals surface area contributed by atoms with E-state index in [2.05, 4.69) is 36.1 Å². The molecular weight excluding hydrogens is 216 g/mol. The summed E-state index contributed by atoms with van der Waals surface area (Å²) < 4.78 is 0. The Morgan fingerprint density at radius 3 is 2.65 bits per heavy atom. The zero-order valence-corrected chi connectivity index (χ0v) is 10.8. The van der Waals surface area contributed by atoms with Crippen molar-refractivity contribution in [2.24, 2.45) is 0 Å². The third-order valence-electron chi connectivity index (χ3n) is 2.80. The van der Waals surface area contributed by atoms with Crippen molar-refractivity contribution in [3.05, 3.63) is 11.9 Å². The predicted octanol–water partition coefficient (Wildman–Crippen LogP) is 1.76. The van der Waals surface area contributed by atoms with Crippen LogP contribution in [0.25, 0.3) is 0 Å². The summed E-state index contributed by atoms with van der Waals surface area (Å²) in [4.78, 5) is 8.26. The molecule has 0 saturated carbocycles. The van der Waals surface area contributed by atoms with Crippen molar-refractivity contribution in [1.82, 2.24) is 9.97 Å². The van der Waals surface area contributed by atoms with Crippen molar-refractivity contribution >= 4 is 11.6 Å². The number of nitrogens with two attached hydrogens (primary N) is 1. The van der Waals surface area contributed by atoms with E-state index in [-0.39, 0.29) is 18.6 Å². The molecule has 4 N–H and O–H groups in total. The van der Waals surface area contributed by atoms with Crippen molar-refractivity contribution in [3.63, 3.8) is 0 Å². The van der Waals surface area contributed by atoms with E-state index in [1.807, 2.05) is 0 Å². The van der Waals surface area contributed by atoms with Gasteiger partial charge in [0.05, 0.1) is 0 Å². The van der Waals surface area contributed by atoms with Gasteiger partial charge in [-0.25, -0.2) is 9.97 Å². The van der Waals surface area contributed by atoms with Crippen molar-refractivity contribution in [2.45, 2.75) is 45.6 Å². The van der Waals surface area contributed by atoms with Crippen LogP contribution in [0.2, 0.25) is 0 Å². The molecule has 1 rings (SSSR count). The van der Waals surface area contributed by atoms with Gasteiger partial charge in [0, 0.05) is 18.2 Å². The Morgan fingerprint density at radius 1 is 1.41 bits per heavy atom. The second-order valence-corrected chi connectivity index (χ2v) is 4.44. The van der Waals surface area contributed by atoms with Gasteiger partial charge in [0.15, 0.2) is 0 Å². The van der Waals surface area contributed by atoms with Crippen LogP contribution in [0.15, 0.2) is 6.33 Å². The van der Waals surface area contributed by atoms with Gasteiger partial charge in [0.25, 0.3) is 0 Å². The van der Waals surface area contributed by atoms with Crippen molar-refractivity contribution in [3.8, 4) is 0 Å². The average Bonchev–Trinajstić information content (AvgIpc) is 2.28. The summed E-state index contributed by atoms with van der Waals surface area (Å²) in [6, 6.07) is 0.215. The highest BCUT2D eigenvalue weighted by Gasteiger charge is 2.15. The van der Waals surface area contributed by atoms with Crippen molar-refractivity contribution in [2.75, 3.05) is 17.7 Å². The molecule has 0 radical (unpaired) electrons. The maximum Gasteiger partial charge on any atom is 0.135 e. The monoisotopic (exact) mass is 238 g/mol. The number of rotatable bonds is 6. The fraction of sp³-hybridized carbons (Fsp3) is 0.667. The van der Waals surface area contributed by atoms with Crippen LogP contribution in [0.3, 0.4) is 0 Å². The lowest BCUT2D eigenvalue weighted by Gasteiger charge is -2.20. The molecule has 0 saturated heterocycles. The van der Waals surface area contributed by atoms with Gasteiger partial charge in [-0.3, -0.25) is 0 Å². The van der Waals surface area contributed by atoms with Crippen LogP contribution in [0.4, 0.5) is 11.6 Å². The smallest absolute Gasteiger partial charge is 0.135 e. The van der Waals surface area contributed by atoms with Gasteiger partial charge >= 0.3 is 0 Å². The highest BCUT2D eigenvalue weighted by molar-refractivity contribution is 5.56. The molecule has 0 aliphatic carbocycles. The average molecular weight is 238 g/mol. The maximum atomic E-state index is 8.98. The molecule has 1 aromatic heterocycles. The van der Waals surface area contributed by atoms with Crippen LogP contribution in [-0.2, 0) is 0 Å². The predicted molar refractivity (Wildman–Crippen MR) is 69.9 cm³/mol. The third-order valence-corrected chi connectivity index (χ3v) is 2.80. The number of hydrogen-bond donors (Lipinski definition) is 3. The summed E-state index contributed by atoms with van der Waals surface area (Å²) in [7, 11) is 0. The third kappa shape index (κ3) is 3.56. The first-order valence-electron chi connectivity index (χ1n) is 6.07. The number of aromatic nitrogens is 2. The maximum absolute atomic E-state index is 8.98. The van der Waals surface area contributed by atoms with E-state index in [0.29, 0.717) is 12.2 Å². The topological polar surface area (TPSA) is 84.1 Å². The van der Waals surface area contributed by atoms with Crippen molar-refractivity contribution < 1.29 is 5.11 Å². The molecule has 0 aliphatic heterocycles. The fourth-order valence-corrected chi connectivity index (χ4v) is 1.82. The summed E-state index contributed by atoms with van der Waals surface area (Å²) in [6.45, 7) is 6.37. The quantitative estimate of drug-likeness (QED) is 0.703. The molecule has 0 aliphatic rings. The minimum Gasteiger partial charge on any atom is -0.396 e. The number of anilines is 2. The minimum absolute atomic E-state index is 0.170. The molecular formula is C12H22N4O. The van der Waals surface area contributed by atoms with E-state index < -0.39 is 0 Å².